The Labute approximate surface area is 162 Å². The number of amides is 1. The maximum Gasteiger partial charge on any atom is 0.276 e. The molecule has 2 fully saturated rings. The van der Waals surface area contributed by atoms with Crippen LogP contribution in [0.1, 0.15) is 47.8 Å². The first-order valence-electron chi connectivity index (χ1n) is 9.66. The van der Waals surface area contributed by atoms with Crippen molar-refractivity contribution in [3.05, 3.63) is 17.2 Å². The fourth-order valence-corrected chi connectivity index (χ4v) is 4.51. The zero-order valence-electron chi connectivity index (χ0n) is 15.9. The lowest BCUT2D eigenvalue weighted by Gasteiger charge is -2.34. The highest BCUT2D eigenvalue weighted by atomic mass is 32.1. The van der Waals surface area contributed by atoms with Crippen molar-refractivity contribution < 1.29 is 4.79 Å². The van der Waals surface area contributed by atoms with E-state index < -0.39 is 0 Å². The van der Waals surface area contributed by atoms with Gasteiger partial charge in [-0.2, -0.15) is 4.37 Å². The number of hydrogen-bond donors (Lipinski definition) is 1. The number of aromatic nitrogens is 5. The van der Waals surface area contributed by atoms with Gasteiger partial charge in [0.1, 0.15) is 5.82 Å². The summed E-state index contributed by atoms with van der Waals surface area (Å²) in [7, 11) is 0. The van der Waals surface area contributed by atoms with Crippen molar-refractivity contribution in [2.45, 2.75) is 39.2 Å². The van der Waals surface area contributed by atoms with Crippen molar-refractivity contribution in [2.75, 3.05) is 44.2 Å². The summed E-state index contributed by atoms with van der Waals surface area (Å²) in [6, 6.07) is 0.335. The van der Waals surface area contributed by atoms with Crippen molar-refractivity contribution in [1.29, 1.82) is 0 Å². The Morgan fingerprint density at radius 2 is 1.96 bits per heavy atom. The Balaban J connectivity index is 1.40. The summed E-state index contributed by atoms with van der Waals surface area (Å²) in [5, 5.41) is 12.8. The molecule has 0 aromatic carbocycles. The number of nitrogens with zero attached hydrogens (tertiary/aromatic N) is 7. The minimum absolute atomic E-state index is 0.0150. The van der Waals surface area contributed by atoms with E-state index in [0.717, 1.165) is 62.1 Å². The van der Waals surface area contributed by atoms with Gasteiger partial charge >= 0.3 is 0 Å². The monoisotopic (exact) mass is 390 g/mol. The van der Waals surface area contributed by atoms with E-state index in [1.165, 1.54) is 11.5 Å². The van der Waals surface area contributed by atoms with Crippen LogP contribution in [0.25, 0.3) is 0 Å². The average molecular weight is 391 g/mol. The molecule has 2 saturated heterocycles. The average Bonchev–Trinajstić information content (AvgIpc) is 3.35. The molecule has 9 nitrogen and oxygen atoms in total. The molecule has 10 heteroatoms. The highest BCUT2D eigenvalue weighted by Crippen LogP contribution is 2.22. The van der Waals surface area contributed by atoms with Crippen LogP contribution < -0.4 is 10.2 Å². The van der Waals surface area contributed by atoms with Crippen molar-refractivity contribution in [3.63, 3.8) is 0 Å². The molecule has 2 aromatic rings. The van der Waals surface area contributed by atoms with Crippen LogP contribution in [-0.2, 0) is 6.42 Å². The summed E-state index contributed by atoms with van der Waals surface area (Å²) >= 11 is 1.44. The molecule has 2 aliphatic heterocycles. The first-order chi connectivity index (χ1) is 13.2. The molecule has 0 aliphatic carbocycles. The number of anilines is 1. The highest BCUT2D eigenvalue weighted by Gasteiger charge is 2.29. The first-order valence-corrected chi connectivity index (χ1v) is 10.4. The molecule has 4 heterocycles. The molecule has 1 N–H and O–H groups in total. The lowest BCUT2D eigenvalue weighted by atomic mass is 10.1. The SMILES string of the molecule is CCc1nsc(N2CCN(C(=O)c3nnn(C4CCNCC4)c3C)CC2)n1. The molecule has 0 unspecified atom stereocenters. The van der Waals surface area contributed by atoms with E-state index in [9.17, 15) is 4.79 Å². The van der Waals surface area contributed by atoms with Crippen molar-refractivity contribution in [3.8, 4) is 0 Å². The van der Waals surface area contributed by atoms with E-state index in [1.54, 1.807) is 0 Å². The largest absolute Gasteiger partial charge is 0.343 e. The second kappa shape index (κ2) is 7.89. The van der Waals surface area contributed by atoms with Gasteiger partial charge in [-0.3, -0.25) is 4.79 Å². The minimum atomic E-state index is -0.0150. The number of piperidine rings is 1. The number of piperazine rings is 1. The van der Waals surface area contributed by atoms with E-state index >= 15 is 0 Å². The summed E-state index contributed by atoms with van der Waals surface area (Å²) in [4.78, 5) is 21.6. The normalized spacial score (nSPS) is 18.9. The third-order valence-corrected chi connectivity index (χ3v) is 6.21. The lowest BCUT2D eigenvalue weighted by molar-refractivity contribution is 0.0740. The maximum atomic E-state index is 13.0. The van der Waals surface area contributed by atoms with Crippen LogP contribution in [-0.4, -0.2) is 74.4 Å². The van der Waals surface area contributed by atoms with Crippen LogP contribution in [0.4, 0.5) is 5.13 Å². The molecule has 146 valence electrons. The molecule has 0 bridgehead atoms. The molecule has 2 aromatic heterocycles. The van der Waals surface area contributed by atoms with E-state index in [2.05, 4.69) is 36.8 Å². The summed E-state index contributed by atoms with van der Waals surface area (Å²) in [6.07, 6.45) is 2.90. The molecular formula is C17H26N8OS. The predicted octanol–water partition coefficient (Wildman–Crippen LogP) is 0.887. The Bertz CT molecular complexity index is 789. The number of rotatable bonds is 4. The number of aryl methyl sites for hydroxylation is 1. The fraction of sp³-hybridized carbons (Fsp3) is 0.706. The zero-order chi connectivity index (χ0) is 18.8. The second-order valence-corrected chi connectivity index (χ2v) is 7.81. The first kappa shape index (κ1) is 18.3. The molecule has 4 rings (SSSR count). The lowest BCUT2D eigenvalue weighted by Crippen LogP contribution is -2.49. The molecule has 27 heavy (non-hydrogen) atoms. The molecule has 0 atom stereocenters. The van der Waals surface area contributed by atoms with Gasteiger partial charge in [0, 0.05) is 44.1 Å². The predicted molar refractivity (Wildman–Crippen MR) is 103 cm³/mol. The number of carbonyl (C=O) groups excluding carboxylic acids is 1. The zero-order valence-corrected chi connectivity index (χ0v) is 16.7. The Kier molecular flexibility index (Phi) is 5.35. The number of hydrogen-bond acceptors (Lipinski definition) is 8. The quantitative estimate of drug-likeness (QED) is 0.829. The van der Waals surface area contributed by atoms with E-state index in [-0.39, 0.29) is 5.91 Å². The summed E-state index contributed by atoms with van der Waals surface area (Å²) in [5.74, 6) is 0.873. The van der Waals surface area contributed by atoms with E-state index in [4.69, 9.17) is 0 Å². The van der Waals surface area contributed by atoms with Gasteiger partial charge in [-0.15, -0.1) is 5.10 Å². The smallest absolute Gasteiger partial charge is 0.276 e. The van der Waals surface area contributed by atoms with E-state index in [1.807, 2.05) is 16.5 Å². The van der Waals surface area contributed by atoms with Crippen molar-refractivity contribution >= 4 is 22.6 Å². The standard InChI is InChI=1S/C17H26N8OS/c1-3-14-19-17(27-21-14)24-10-8-23(9-11-24)16(26)15-12(2)25(22-20-15)13-4-6-18-7-5-13/h13,18H,3-11H2,1-2H3. The van der Waals surface area contributed by atoms with Crippen LogP contribution >= 0.6 is 11.5 Å². The van der Waals surface area contributed by atoms with Crippen LogP contribution in [0.2, 0.25) is 0 Å². The minimum Gasteiger partial charge on any atom is -0.343 e. The number of nitrogens with one attached hydrogen (secondary N) is 1. The van der Waals surface area contributed by atoms with Gasteiger partial charge in [-0.1, -0.05) is 12.1 Å². The van der Waals surface area contributed by atoms with Gasteiger partial charge in [-0.05, 0) is 32.9 Å². The molecular weight excluding hydrogens is 364 g/mol. The summed E-state index contributed by atoms with van der Waals surface area (Å²) < 4.78 is 6.30. The number of carbonyl (C=O) groups is 1. The summed E-state index contributed by atoms with van der Waals surface area (Å²) in [5.41, 5.74) is 1.37. The van der Waals surface area contributed by atoms with Gasteiger partial charge in [0.05, 0.1) is 11.7 Å². The molecule has 2 aliphatic rings. The topological polar surface area (TPSA) is 92.1 Å². The van der Waals surface area contributed by atoms with Crippen molar-refractivity contribution in [2.24, 2.45) is 0 Å². The van der Waals surface area contributed by atoms with E-state index in [0.29, 0.717) is 24.8 Å². The Hall–Kier alpha value is -2.07. The van der Waals surface area contributed by atoms with Gasteiger partial charge < -0.3 is 15.1 Å². The van der Waals surface area contributed by atoms with Gasteiger partial charge in [0.15, 0.2) is 5.69 Å². The highest BCUT2D eigenvalue weighted by molar-refractivity contribution is 7.09. The summed E-state index contributed by atoms with van der Waals surface area (Å²) in [6.45, 7) is 8.86. The van der Waals surface area contributed by atoms with Crippen LogP contribution in [0, 0.1) is 6.92 Å². The molecule has 0 radical (unpaired) electrons. The molecule has 1 amide bonds. The van der Waals surface area contributed by atoms with Crippen LogP contribution in [0.15, 0.2) is 0 Å². The van der Waals surface area contributed by atoms with Crippen molar-refractivity contribution in [1.82, 2.24) is 34.6 Å². The maximum absolute atomic E-state index is 13.0. The van der Waals surface area contributed by atoms with Crippen LogP contribution in [0.5, 0.6) is 0 Å². The van der Waals surface area contributed by atoms with Gasteiger partial charge in [0.25, 0.3) is 5.91 Å². The second-order valence-electron chi connectivity index (χ2n) is 7.08. The molecule has 0 saturated carbocycles. The third kappa shape index (κ3) is 3.68. The third-order valence-electron chi connectivity index (χ3n) is 5.40. The Morgan fingerprint density at radius 1 is 1.22 bits per heavy atom. The fourth-order valence-electron chi connectivity index (χ4n) is 3.70. The molecule has 0 spiro atoms. The van der Waals surface area contributed by atoms with Gasteiger partial charge in [0.2, 0.25) is 5.13 Å². The van der Waals surface area contributed by atoms with Crippen LogP contribution in [0.3, 0.4) is 0 Å². The Morgan fingerprint density at radius 3 is 2.63 bits per heavy atom. The van der Waals surface area contributed by atoms with Gasteiger partial charge in [-0.25, -0.2) is 9.67 Å².